The number of amides is 1. The molecule has 1 aromatic heterocycles. The van der Waals surface area contributed by atoms with Crippen molar-refractivity contribution in [2.45, 2.75) is 32.1 Å². The summed E-state index contributed by atoms with van der Waals surface area (Å²) in [5.41, 5.74) is 3.19. The first-order valence-electron chi connectivity index (χ1n) is 8.61. The Bertz CT molecular complexity index is 721. The molecule has 25 heavy (non-hydrogen) atoms. The van der Waals surface area contributed by atoms with Crippen LogP contribution in [0.15, 0.2) is 35.8 Å². The molecular formula is C19H22N2O3S. The maximum atomic E-state index is 12.5. The van der Waals surface area contributed by atoms with Crippen LogP contribution in [0.1, 0.15) is 46.6 Å². The monoisotopic (exact) mass is 358 g/mol. The summed E-state index contributed by atoms with van der Waals surface area (Å²) in [7, 11) is 0. The Balaban J connectivity index is 1.58. The number of aromatic nitrogens is 1. The molecule has 0 saturated carbocycles. The van der Waals surface area contributed by atoms with Gasteiger partial charge >= 0.3 is 5.97 Å². The number of benzene rings is 1. The molecule has 1 saturated heterocycles. The van der Waals surface area contributed by atoms with Crippen LogP contribution in [0.3, 0.4) is 0 Å². The Morgan fingerprint density at radius 1 is 1.24 bits per heavy atom. The molecule has 0 spiro atoms. The van der Waals surface area contributed by atoms with E-state index in [2.05, 4.69) is 4.98 Å². The molecule has 5 nitrogen and oxygen atoms in total. The SMILES string of the molecule is CCOC(=O)c1ncsc1C1CCN(C(=O)Cc2ccccc2)CC1. The van der Waals surface area contributed by atoms with E-state index >= 15 is 0 Å². The Morgan fingerprint density at radius 2 is 1.96 bits per heavy atom. The van der Waals surface area contributed by atoms with Crippen LogP contribution in [-0.4, -0.2) is 41.5 Å². The van der Waals surface area contributed by atoms with Gasteiger partial charge < -0.3 is 9.64 Å². The lowest BCUT2D eigenvalue weighted by molar-refractivity contribution is -0.131. The number of esters is 1. The Kier molecular flexibility index (Phi) is 5.81. The van der Waals surface area contributed by atoms with Crippen LogP contribution in [0.2, 0.25) is 0 Å². The molecule has 0 radical (unpaired) electrons. The van der Waals surface area contributed by atoms with Crippen LogP contribution in [-0.2, 0) is 16.0 Å². The predicted molar refractivity (Wildman–Crippen MR) is 96.8 cm³/mol. The predicted octanol–water partition coefficient (Wildman–Crippen LogP) is 3.27. The van der Waals surface area contributed by atoms with Crippen molar-refractivity contribution in [1.82, 2.24) is 9.88 Å². The molecular weight excluding hydrogens is 336 g/mol. The maximum Gasteiger partial charge on any atom is 0.358 e. The average Bonchev–Trinajstić information content (AvgIpc) is 3.13. The third-order valence-corrected chi connectivity index (χ3v) is 5.47. The number of thiazole rings is 1. The van der Waals surface area contributed by atoms with Gasteiger partial charge in [0, 0.05) is 18.0 Å². The van der Waals surface area contributed by atoms with Crippen LogP contribution >= 0.6 is 11.3 Å². The topological polar surface area (TPSA) is 59.5 Å². The molecule has 1 aliphatic heterocycles. The van der Waals surface area contributed by atoms with Gasteiger partial charge in [0.15, 0.2) is 5.69 Å². The fourth-order valence-corrected chi connectivity index (χ4v) is 4.12. The van der Waals surface area contributed by atoms with Crippen molar-refractivity contribution in [3.05, 3.63) is 52.0 Å². The zero-order valence-corrected chi connectivity index (χ0v) is 15.1. The first-order valence-corrected chi connectivity index (χ1v) is 9.49. The molecule has 1 aromatic carbocycles. The smallest absolute Gasteiger partial charge is 0.358 e. The summed E-state index contributed by atoms with van der Waals surface area (Å²) in [5, 5.41) is 0. The highest BCUT2D eigenvalue weighted by Gasteiger charge is 2.28. The Labute approximate surface area is 151 Å². The van der Waals surface area contributed by atoms with E-state index in [4.69, 9.17) is 4.74 Å². The third kappa shape index (κ3) is 4.25. The first kappa shape index (κ1) is 17.6. The number of piperidine rings is 1. The van der Waals surface area contributed by atoms with Crippen LogP contribution in [0, 0.1) is 0 Å². The van der Waals surface area contributed by atoms with Crippen LogP contribution in [0.25, 0.3) is 0 Å². The number of carbonyl (C=O) groups is 2. The lowest BCUT2D eigenvalue weighted by Gasteiger charge is -2.31. The highest BCUT2D eigenvalue weighted by atomic mass is 32.1. The Hall–Kier alpha value is -2.21. The van der Waals surface area contributed by atoms with Gasteiger partial charge in [0.1, 0.15) is 0 Å². The van der Waals surface area contributed by atoms with Crippen LogP contribution < -0.4 is 0 Å². The number of hydrogen-bond acceptors (Lipinski definition) is 5. The molecule has 3 rings (SSSR count). The number of carbonyl (C=O) groups excluding carboxylic acids is 2. The molecule has 6 heteroatoms. The third-order valence-electron chi connectivity index (χ3n) is 4.48. The van der Waals surface area contributed by atoms with Crippen molar-refractivity contribution in [3.63, 3.8) is 0 Å². The van der Waals surface area contributed by atoms with Crippen molar-refractivity contribution in [3.8, 4) is 0 Å². The van der Waals surface area contributed by atoms with Gasteiger partial charge in [0.25, 0.3) is 0 Å². The van der Waals surface area contributed by atoms with Crippen molar-refractivity contribution in [2.75, 3.05) is 19.7 Å². The Morgan fingerprint density at radius 3 is 2.64 bits per heavy atom. The van der Waals surface area contributed by atoms with Gasteiger partial charge in [-0.1, -0.05) is 30.3 Å². The molecule has 1 amide bonds. The van der Waals surface area contributed by atoms with E-state index in [1.807, 2.05) is 35.2 Å². The molecule has 0 N–H and O–H groups in total. The zero-order chi connectivity index (χ0) is 17.6. The lowest BCUT2D eigenvalue weighted by Crippen LogP contribution is -2.38. The second kappa shape index (κ2) is 8.25. The van der Waals surface area contributed by atoms with E-state index in [1.54, 1.807) is 12.4 Å². The highest BCUT2D eigenvalue weighted by molar-refractivity contribution is 7.10. The molecule has 0 aliphatic carbocycles. The molecule has 2 aromatic rings. The first-order chi connectivity index (χ1) is 12.2. The molecule has 1 aliphatic rings. The van der Waals surface area contributed by atoms with Crippen LogP contribution in [0.5, 0.6) is 0 Å². The van der Waals surface area contributed by atoms with E-state index in [9.17, 15) is 9.59 Å². The van der Waals surface area contributed by atoms with Gasteiger partial charge in [-0.25, -0.2) is 9.78 Å². The number of ether oxygens (including phenoxy) is 1. The number of hydrogen-bond donors (Lipinski definition) is 0. The lowest BCUT2D eigenvalue weighted by atomic mass is 9.93. The summed E-state index contributed by atoms with van der Waals surface area (Å²) >= 11 is 1.51. The van der Waals surface area contributed by atoms with Crippen molar-refractivity contribution in [2.24, 2.45) is 0 Å². The molecule has 0 unspecified atom stereocenters. The largest absolute Gasteiger partial charge is 0.461 e. The summed E-state index contributed by atoms with van der Waals surface area (Å²) in [6, 6.07) is 9.82. The van der Waals surface area contributed by atoms with E-state index in [0.717, 1.165) is 36.4 Å². The van der Waals surface area contributed by atoms with Crippen molar-refractivity contribution >= 4 is 23.2 Å². The second-order valence-corrected chi connectivity index (χ2v) is 6.99. The quantitative estimate of drug-likeness (QED) is 0.770. The standard InChI is InChI=1S/C19H22N2O3S/c1-2-24-19(23)17-18(25-13-20-17)15-8-10-21(11-9-15)16(22)12-14-6-4-3-5-7-14/h3-7,13,15H,2,8-12H2,1H3. The molecule has 132 valence electrons. The second-order valence-electron chi connectivity index (χ2n) is 6.10. The highest BCUT2D eigenvalue weighted by Crippen LogP contribution is 2.33. The summed E-state index contributed by atoms with van der Waals surface area (Å²) in [5.74, 6) is 0.0913. The summed E-state index contributed by atoms with van der Waals surface area (Å²) < 4.78 is 5.08. The molecule has 0 atom stereocenters. The summed E-state index contributed by atoms with van der Waals surface area (Å²) in [6.45, 7) is 3.58. The van der Waals surface area contributed by atoms with Gasteiger partial charge in [-0.2, -0.15) is 0 Å². The minimum atomic E-state index is -0.346. The minimum Gasteiger partial charge on any atom is -0.461 e. The number of rotatable bonds is 5. The fraction of sp³-hybridized carbons (Fsp3) is 0.421. The molecule has 1 fully saturated rings. The minimum absolute atomic E-state index is 0.166. The van der Waals surface area contributed by atoms with E-state index in [-0.39, 0.29) is 17.8 Å². The van der Waals surface area contributed by atoms with Gasteiger partial charge in [0.05, 0.1) is 18.5 Å². The van der Waals surface area contributed by atoms with Gasteiger partial charge in [-0.05, 0) is 31.2 Å². The normalized spacial score (nSPS) is 15.2. The number of likely N-dealkylation sites (tertiary alicyclic amines) is 1. The molecule has 2 heterocycles. The maximum absolute atomic E-state index is 12.5. The van der Waals surface area contributed by atoms with E-state index in [1.165, 1.54) is 11.3 Å². The fourth-order valence-electron chi connectivity index (χ4n) is 3.17. The van der Waals surface area contributed by atoms with Gasteiger partial charge in [-0.15, -0.1) is 11.3 Å². The summed E-state index contributed by atoms with van der Waals surface area (Å²) in [4.78, 5) is 31.6. The molecule has 0 bridgehead atoms. The summed E-state index contributed by atoms with van der Waals surface area (Å²) in [6.07, 6.45) is 2.16. The van der Waals surface area contributed by atoms with Crippen molar-refractivity contribution < 1.29 is 14.3 Å². The van der Waals surface area contributed by atoms with Gasteiger partial charge in [-0.3, -0.25) is 4.79 Å². The number of nitrogens with zero attached hydrogens (tertiary/aromatic N) is 2. The average molecular weight is 358 g/mol. The van der Waals surface area contributed by atoms with E-state index < -0.39 is 0 Å². The van der Waals surface area contributed by atoms with Crippen LogP contribution in [0.4, 0.5) is 0 Å². The van der Waals surface area contributed by atoms with Crippen molar-refractivity contribution in [1.29, 1.82) is 0 Å². The zero-order valence-electron chi connectivity index (χ0n) is 14.3. The van der Waals surface area contributed by atoms with E-state index in [0.29, 0.717) is 18.7 Å². The van der Waals surface area contributed by atoms with Gasteiger partial charge in [0.2, 0.25) is 5.91 Å².